The maximum absolute atomic E-state index is 5.74. The fraction of sp³-hybridized carbons (Fsp3) is 0.650. The number of guanidine groups is 1. The maximum Gasteiger partial charge on any atom is 0.191 e. The van der Waals surface area contributed by atoms with Gasteiger partial charge in [-0.3, -0.25) is 4.99 Å². The van der Waals surface area contributed by atoms with E-state index >= 15 is 0 Å². The Balaban J connectivity index is 0.00000243. The molecule has 1 aliphatic carbocycles. The van der Waals surface area contributed by atoms with Crippen LogP contribution in [0.2, 0.25) is 0 Å². The normalized spacial score (nSPS) is 19.1. The molecule has 0 aromatic heterocycles. The van der Waals surface area contributed by atoms with E-state index in [0.717, 1.165) is 69.9 Å². The van der Waals surface area contributed by atoms with Gasteiger partial charge in [0.1, 0.15) is 5.75 Å². The minimum atomic E-state index is 0. The molecule has 3 rings (SSSR count). The van der Waals surface area contributed by atoms with E-state index in [1.807, 2.05) is 6.07 Å². The largest absolute Gasteiger partial charge is 0.493 e. The minimum Gasteiger partial charge on any atom is -0.493 e. The Kier molecular flexibility index (Phi) is 9.53. The maximum atomic E-state index is 5.74. The minimum absolute atomic E-state index is 0. The van der Waals surface area contributed by atoms with Crippen LogP contribution in [0.4, 0.5) is 0 Å². The van der Waals surface area contributed by atoms with Gasteiger partial charge in [-0.1, -0.05) is 18.2 Å². The number of nitrogens with zero attached hydrogens (tertiary/aromatic N) is 1. The average molecular weight is 473 g/mol. The highest BCUT2D eigenvalue weighted by molar-refractivity contribution is 14.0. The Bertz CT molecular complexity index is 564. The molecule has 2 aliphatic rings. The lowest BCUT2D eigenvalue weighted by Crippen LogP contribution is -2.38. The van der Waals surface area contributed by atoms with Gasteiger partial charge in [0.2, 0.25) is 0 Å². The molecule has 1 unspecified atom stereocenters. The number of hydrogen-bond acceptors (Lipinski definition) is 3. The van der Waals surface area contributed by atoms with Crippen LogP contribution >= 0.6 is 24.0 Å². The summed E-state index contributed by atoms with van der Waals surface area (Å²) in [5, 5.41) is 6.75. The number of rotatable bonds is 9. The van der Waals surface area contributed by atoms with E-state index in [2.05, 4.69) is 35.8 Å². The molecular weight excluding hydrogens is 441 g/mol. The number of aliphatic imine (C=N–C) groups is 1. The Morgan fingerprint density at radius 1 is 1.23 bits per heavy atom. The number of ether oxygens (including phenoxy) is 2. The summed E-state index contributed by atoms with van der Waals surface area (Å²) in [4.78, 5) is 4.79. The standard InChI is InChI=1S/C20H31N3O2.HI/c1-2-21-20(22-11-5-12-24-15-16-8-9-16)23-14-17-10-13-25-19-7-4-3-6-18(17)19;/h3-4,6-7,16-17H,2,5,8-15H2,1H3,(H2,21,22,23);1H. The molecule has 1 saturated carbocycles. The van der Waals surface area contributed by atoms with Crippen LogP contribution in [0.15, 0.2) is 29.3 Å². The zero-order valence-corrected chi connectivity index (χ0v) is 18.0. The van der Waals surface area contributed by atoms with E-state index in [-0.39, 0.29) is 24.0 Å². The van der Waals surface area contributed by atoms with Gasteiger partial charge in [0.05, 0.1) is 6.61 Å². The first-order valence-corrected chi connectivity index (χ1v) is 9.68. The van der Waals surface area contributed by atoms with E-state index in [9.17, 15) is 0 Å². The number of para-hydroxylation sites is 1. The Morgan fingerprint density at radius 3 is 2.88 bits per heavy atom. The van der Waals surface area contributed by atoms with Gasteiger partial charge < -0.3 is 20.1 Å². The molecular formula is C20H32IN3O2. The second-order valence-electron chi connectivity index (χ2n) is 6.89. The first-order chi connectivity index (χ1) is 12.4. The number of benzene rings is 1. The first-order valence-electron chi connectivity index (χ1n) is 9.68. The van der Waals surface area contributed by atoms with E-state index in [0.29, 0.717) is 5.92 Å². The molecule has 0 bridgehead atoms. The zero-order chi connectivity index (χ0) is 17.3. The highest BCUT2D eigenvalue weighted by Gasteiger charge is 2.21. The fourth-order valence-electron chi connectivity index (χ4n) is 3.06. The van der Waals surface area contributed by atoms with Crippen molar-refractivity contribution in [2.75, 3.05) is 39.5 Å². The van der Waals surface area contributed by atoms with Crippen molar-refractivity contribution in [2.45, 2.75) is 38.5 Å². The van der Waals surface area contributed by atoms with Crippen molar-refractivity contribution < 1.29 is 9.47 Å². The summed E-state index contributed by atoms with van der Waals surface area (Å²) < 4.78 is 11.4. The molecule has 5 nitrogen and oxygen atoms in total. The molecule has 26 heavy (non-hydrogen) atoms. The molecule has 2 N–H and O–H groups in total. The molecule has 1 atom stereocenters. The third kappa shape index (κ3) is 6.95. The van der Waals surface area contributed by atoms with Crippen LogP contribution < -0.4 is 15.4 Å². The topological polar surface area (TPSA) is 54.9 Å². The molecule has 1 fully saturated rings. The molecule has 0 saturated heterocycles. The highest BCUT2D eigenvalue weighted by Crippen LogP contribution is 2.33. The summed E-state index contributed by atoms with van der Waals surface area (Å²) in [7, 11) is 0. The SMILES string of the molecule is CCNC(=NCC1CCOc2ccccc21)NCCCOCC1CC1.I. The number of nitrogens with one attached hydrogen (secondary N) is 2. The van der Waals surface area contributed by atoms with Crippen LogP contribution in [0.1, 0.15) is 44.1 Å². The van der Waals surface area contributed by atoms with Gasteiger partial charge in [0, 0.05) is 38.8 Å². The molecule has 146 valence electrons. The van der Waals surface area contributed by atoms with Crippen molar-refractivity contribution >= 4 is 29.9 Å². The van der Waals surface area contributed by atoms with E-state index in [4.69, 9.17) is 14.5 Å². The zero-order valence-electron chi connectivity index (χ0n) is 15.7. The first kappa shape index (κ1) is 21.3. The van der Waals surface area contributed by atoms with Crippen LogP contribution in [0, 0.1) is 5.92 Å². The van der Waals surface area contributed by atoms with Crippen LogP contribution in [-0.2, 0) is 4.74 Å². The smallest absolute Gasteiger partial charge is 0.191 e. The summed E-state index contributed by atoms with van der Waals surface area (Å²) in [6.07, 6.45) is 4.74. The third-order valence-electron chi connectivity index (χ3n) is 4.71. The summed E-state index contributed by atoms with van der Waals surface area (Å²) in [6, 6.07) is 8.32. The van der Waals surface area contributed by atoms with Crippen molar-refractivity contribution in [1.29, 1.82) is 0 Å². The van der Waals surface area contributed by atoms with Crippen molar-refractivity contribution in [1.82, 2.24) is 10.6 Å². The van der Waals surface area contributed by atoms with Crippen LogP contribution in [-0.4, -0.2) is 45.4 Å². The van der Waals surface area contributed by atoms with E-state index in [1.54, 1.807) is 0 Å². The second kappa shape index (κ2) is 11.6. The molecule has 0 amide bonds. The average Bonchev–Trinajstić information content (AvgIpc) is 3.46. The fourth-order valence-corrected chi connectivity index (χ4v) is 3.06. The van der Waals surface area contributed by atoms with E-state index in [1.165, 1.54) is 18.4 Å². The van der Waals surface area contributed by atoms with Crippen molar-refractivity contribution in [2.24, 2.45) is 10.9 Å². The number of halogens is 1. The summed E-state index contributed by atoms with van der Waals surface area (Å²) in [5.41, 5.74) is 1.28. The van der Waals surface area contributed by atoms with Crippen molar-refractivity contribution in [3.05, 3.63) is 29.8 Å². The molecule has 1 aromatic carbocycles. The molecule has 6 heteroatoms. The van der Waals surface area contributed by atoms with Crippen molar-refractivity contribution in [3.8, 4) is 5.75 Å². The molecule has 1 aliphatic heterocycles. The third-order valence-corrected chi connectivity index (χ3v) is 4.71. The summed E-state index contributed by atoms with van der Waals surface area (Å²) in [5.74, 6) is 3.19. The lowest BCUT2D eigenvalue weighted by molar-refractivity contribution is 0.123. The summed E-state index contributed by atoms with van der Waals surface area (Å²) in [6.45, 7) is 7.19. The van der Waals surface area contributed by atoms with Gasteiger partial charge >= 0.3 is 0 Å². The Hall–Kier alpha value is -1.02. The van der Waals surface area contributed by atoms with Gasteiger partial charge in [0.15, 0.2) is 5.96 Å². The number of fused-ring (bicyclic) bond motifs is 1. The second-order valence-corrected chi connectivity index (χ2v) is 6.89. The molecule has 1 heterocycles. The van der Waals surface area contributed by atoms with Crippen molar-refractivity contribution in [3.63, 3.8) is 0 Å². The Labute approximate surface area is 174 Å². The van der Waals surface area contributed by atoms with Crippen LogP contribution in [0.3, 0.4) is 0 Å². The quantitative estimate of drug-likeness (QED) is 0.249. The lowest BCUT2D eigenvalue weighted by Gasteiger charge is -2.25. The van der Waals surface area contributed by atoms with E-state index < -0.39 is 0 Å². The molecule has 1 aromatic rings. The predicted molar refractivity (Wildman–Crippen MR) is 117 cm³/mol. The Morgan fingerprint density at radius 2 is 2.08 bits per heavy atom. The van der Waals surface area contributed by atoms with Crippen LogP contribution in [0.25, 0.3) is 0 Å². The van der Waals surface area contributed by atoms with Gasteiger partial charge in [-0.2, -0.15) is 0 Å². The monoisotopic (exact) mass is 473 g/mol. The predicted octanol–water partition coefficient (Wildman–Crippen LogP) is 3.54. The van der Waals surface area contributed by atoms with Gasteiger partial charge in [-0.15, -0.1) is 24.0 Å². The highest BCUT2D eigenvalue weighted by atomic mass is 127. The van der Waals surface area contributed by atoms with Gasteiger partial charge in [-0.25, -0.2) is 0 Å². The summed E-state index contributed by atoms with van der Waals surface area (Å²) >= 11 is 0. The number of hydrogen-bond donors (Lipinski definition) is 2. The van der Waals surface area contributed by atoms with Gasteiger partial charge in [0.25, 0.3) is 0 Å². The van der Waals surface area contributed by atoms with Gasteiger partial charge in [-0.05, 0) is 50.2 Å². The van der Waals surface area contributed by atoms with Crippen LogP contribution in [0.5, 0.6) is 5.75 Å². The molecule has 0 radical (unpaired) electrons. The lowest BCUT2D eigenvalue weighted by atomic mass is 9.93. The molecule has 0 spiro atoms.